The van der Waals surface area contributed by atoms with Gasteiger partial charge in [-0.05, 0) is 30.5 Å². The van der Waals surface area contributed by atoms with E-state index in [1.165, 1.54) is 4.88 Å². The molecule has 0 aliphatic heterocycles. The second kappa shape index (κ2) is 9.08. The number of halogens is 1. The Bertz CT molecular complexity index is 590. The molecule has 1 atom stereocenters. The van der Waals surface area contributed by atoms with Crippen LogP contribution in [0.4, 0.5) is 0 Å². The molecule has 2 aromatic rings. The quantitative estimate of drug-likeness (QED) is 0.720. The summed E-state index contributed by atoms with van der Waals surface area (Å²) in [5, 5.41) is 5.46. The third kappa shape index (κ3) is 5.55. The van der Waals surface area contributed by atoms with E-state index in [1.54, 1.807) is 42.2 Å². The summed E-state index contributed by atoms with van der Waals surface area (Å²) in [4.78, 5) is 13.3. The summed E-state index contributed by atoms with van der Waals surface area (Å²) in [5.74, 6) is 2.26. The van der Waals surface area contributed by atoms with Crippen molar-refractivity contribution in [2.45, 2.75) is 18.8 Å². The minimum atomic E-state index is -0.567. The number of hydrogen-bond acceptors (Lipinski definition) is 4. The van der Waals surface area contributed by atoms with Gasteiger partial charge in [0.15, 0.2) is 6.10 Å². The van der Waals surface area contributed by atoms with Gasteiger partial charge >= 0.3 is 0 Å². The van der Waals surface area contributed by atoms with Gasteiger partial charge < -0.3 is 10.1 Å². The predicted octanol–water partition coefficient (Wildman–Crippen LogP) is 4.22. The maximum atomic E-state index is 12.0. The van der Waals surface area contributed by atoms with Crippen molar-refractivity contribution < 1.29 is 9.53 Å². The highest BCUT2D eigenvalue weighted by Crippen LogP contribution is 2.24. The van der Waals surface area contributed by atoms with Gasteiger partial charge in [0.05, 0.1) is 5.02 Å². The second-order valence-corrected chi connectivity index (χ2v) is 7.16. The van der Waals surface area contributed by atoms with E-state index in [0.29, 0.717) is 17.3 Å². The molecule has 0 radical (unpaired) electrons. The van der Waals surface area contributed by atoms with Crippen molar-refractivity contribution in [3.63, 3.8) is 0 Å². The highest BCUT2D eigenvalue weighted by molar-refractivity contribution is 7.98. The summed E-state index contributed by atoms with van der Waals surface area (Å²) < 4.78 is 5.57. The Morgan fingerprint density at radius 2 is 2.18 bits per heavy atom. The fraction of sp³-hybridized carbons (Fsp3) is 0.312. The van der Waals surface area contributed by atoms with Gasteiger partial charge in [-0.1, -0.05) is 29.8 Å². The zero-order valence-electron chi connectivity index (χ0n) is 12.3. The van der Waals surface area contributed by atoms with E-state index in [1.807, 2.05) is 12.1 Å². The molecule has 1 heterocycles. The van der Waals surface area contributed by atoms with Crippen LogP contribution in [0, 0.1) is 0 Å². The van der Waals surface area contributed by atoms with Crippen LogP contribution >= 0.6 is 34.7 Å². The number of rotatable bonds is 8. The fourth-order valence-corrected chi connectivity index (χ4v) is 3.62. The normalized spacial score (nSPS) is 11.9. The Kier molecular flexibility index (Phi) is 7.09. The van der Waals surface area contributed by atoms with Crippen molar-refractivity contribution in [3.05, 3.63) is 51.7 Å². The van der Waals surface area contributed by atoms with Crippen LogP contribution in [0.5, 0.6) is 5.75 Å². The zero-order valence-corrected chi connectivity index (χ0v) is 14.6. The molecule has 118 valence electrons. The highest BCUT2D eigenvalue weighted by Gasteiger charge is 2.15. The molecule has 0 spiro atoms. The van der Waals surface area contributed by atoms with E-state index in [-0.39, 0.29) is 5.91 Å². The summed E-state index contributed by atoms with van der Waals surface area (Å²) >= 11 is 9.57. The molecule has 0 aliphatic carbocycles. The molecule has 1 unspecified atom stereocenters. The molecule has 1 N–H and O–H groups in total. The lowest BCUT2D eigenvalue weighted by Crippen LogP contribution is -2.37. The van der Waals surface area contributed by atoms with E-state index in [4.69, 9.17) is 16.3 Å². The predicted molar refractivity (Wildman–Crippen MR) is 95.0 cm³/mol. The summed E-state index contributed by atoms with van der Waals surface area (Å²) in [7, 11) is 0. The molecule has 22 heavy (non-hydrogen) atoms. The summed E-state index contributed by atoms with van der Waals surface area (Å²) in [6.45, 7) is 2.35. The maximum Gasteiger partial charge on any atom is 0.260 e. The van der Waals surface area contributed by atoms with Crippen LogP contribution in [0.15, 0.2) is 41.8 Å². The topological polar surface area (TPSA) is 38.3 Å². The van der Waals surface area contributed by atoms with Crippen molar-refractivity contribution in [1.29, 1.82) is 0 Å². The number of thioether (sulfide) groups is 1. The molecule has 0 aliphatic rings. The van der Waals surface area contributed by atoms with Crippen LogP contribution in [0.3, 0.4) is 0 Å². The average Bonchev–Trinajstić information content (AvgIpc) is 3.02. The van der Waals surface area contributed by atoms with E-state index in [0.717, 1.165) is 11.5 Å². The Labute approximate surface area is 144 Å². The first-order chi connectivity index (χ1) is 10.7. The summed E-state index contributed by atoms with van der Waals surface area (Å²) in [6, 6.07) is 11.3. The highest BCUT2D eigenvalue weighted by atomic mass is 35.5. The van der Waals surface area contributed by atoms with Crippen LogP contribution in [0.25, 0.3) is 0 Å². The molecule has 1 aromatic carbocycles. The molecule has 6 heteroatoms. The van der Waals surface area contributed by atoms with E-state index < -0.39 is 6.10 Å². The number of amides is 1. The minimum Gasteiger partial charge on any atom is -0.479 e. The first kappa shape index (κ1) is 17.2. The van der Waals surface area contributed by atoms with E-state index >= 15 is 0 Å². The van der Waals surface area contributed by atoms with E-state index in [2.05, 4.69) is 22.8 Å². The molecule has 0 saturated heterocycles. The Morgan fingerprint density at radius 1 is 1.36 bits per heavy atom. The van der Waals surface area contributed by atoms with Crippen LogP contribution < -0.4 is 10.1 Å². The lowest BCUT2D eigenvalue weighted by Gasteiger charge is -2.15. The fourth-order valence-electron chi connectivity index (χ4n) is 1.74. The Balaban J connectivity index is 1.65. The van der Waals surface area contributed by atoms with Crippen molar-refractivity contribution >= 4 is 40.6 Å². The van der Waals surface area contributed by atoms with E-state index in [9.17, 15) is 4.79 Å². The van der Waals surface area contributed by atoms with Crippen molar-refractivity contribution in [3.8, 4) is 5.75 Å². The molecular weight excluding hydrogens is 338 g/mol. The molecule has 0 saturated carbocycles. The number of hydrogen-bond donors (Lipinski definition) is 1. The van der Waals surface area contributed by atoms with Crippen LogP contribution in [-0.4, -0.2) is 24.3 Å². The number of para-hydroxylation sites is 1. The van der Waals surface area contributed by atoms with Gasteiger partial charge in [0.25, 0.3) is 5.91 Å². The third-order valence-corrected chi connectivity index (χ3v) is 5.26. The number of nitrogens with one attached hydrogen (secondary N) is 1. The van der Waals surface area contributed by atoms with Crippen molar-refractivity contribution in [2.75, 3.05) is 12.3 Å². The first-order valence-electron chi connectivity index (χ1n) is 6.96. The molecule has 0 bridgehead atoms. The van der Waals surface area contributed by atoms with Crippen molar-refractivity contribution in [1.82, 2.24) is 5.32 Å². The Morgan fingerprint density at radius 3 is 2.91 bits per heavy atom. The monoisotopic (exact) mass is 355 g/mol. The Hall–Kier alpha value is -1.17. The zero-order chi connectivity index (χ0) is 15.8. The number of benzene rings is 1. The molecule has 0 fully saturated rings. The van der Waals surface area contributed by atoms with Gasteiger partial charge in [0.2, 0.25) is 0 Å². The standard InChI is InChI=1S/C16H18ClNO2S2/c1-12(20-15-7-3-2-6-14(15)17)16(19)18-8-10-21-11-13-5-4-9-22-13/h2-7,9,12H,8,10-11H2,1H3,(H,18,19). The number of carbonyl (C=O) groups excluding carboxylic acids is 1. The minimum absolute atomic E-state index is 0.128. The van der Waals surface area contributed by atoms with Crippen LogP contribution in [-0.2, 0) is 10.5 Å². The lowest BCUT2D eigenvalue weighted by molar-refractivity contribution is -0.127. The summed E-state index contributed by atoms with van der Waals surface area (Å²) in [6.07, 6.45) is -0.567. The third-order valence-electron chi connectivity index (χ3n) is 2.88. The van der Waals surface area contributed by atoms with Crippen molar-refractivity contribution in [2.24, 2.45) is 0 Å². The molecule has 2 rings (SSSR count). The largest absolute Gasteiger partial charge is 0.479 e. The average molecular weight is 356 g/mol. The molecule has 1 amide bonds. The van der Waals surface area contributed by atoms with Gasteiger partial charge in [-0.2, -0.15) is 11.8 Å². The summed E-state index contributed by atoms with van der Waals surface area (Å²) in [5.41, 5.74) is 0. The lowest BCUT2D eigenvalue weighted by atomic mass is 10.3. The second-order valence-electron chi connectivity index (χ2n) is 4.61. The van der Waals surface area contributed by atoms with Gasteiger partial charge in [0, 0.05) is 22.9 Å². The van der Waals surface area contributed by atoms with Crippen LogP contribution in [0.2, 0.25) is 5.02 Å². The van der Waals surface area contributed by atoms with Gasteiger partial charge in [-0.15, -0.1) is 11.3 Å². The van der Waals surface area contributed by atoms with Gasteiger partial charge in [0.1, 0.15) is 5.75 Å². The smallest absolute Gasteiger partial charge is 0.260 e. The number of carbonyl (C=O) groups is 1. The molecule has 1 aromatic heterocycles. The van der Waals surface area contributed by atoms with Gasteiger partial charge in [-0.25, -0.2) is 0 Å². The maximum absolute atomic E-state index is 12.0. The molecule has 3 nitrogen and oxygen atoms in total. The number of thiophene rings is 1. The first-order valence-corrected chi connectivity index (χ1v) is 9.37. The van der Waals surface area contributed by atoms with Crippen LogP contribution in [0.1, 0.15) is 11.8 Å². The molecular formula is C16H18ClNO2S2. The number of ether oxygens (including phenoxy) is 1. The van der Waals surface area contributed by atoms with Gasteiger partial charge in [-0.3, -0.25) is 4.79 Å². The SMILES string of the molecule is CC(Oc1ccccc1Cl)C(=O)NCCSCc1cccs1.